The van der Waals surface area contributed by atoms with E-state index in [1.54, 1.807) is 14.2 Å². The van der Waals surface area contributed by atoms with Gasteiger partial charge in [0.05, 0.1) is 25.3 Å². The summed E-state index contributed by atoms with van der Waals surface area (Å²) in [6.45, 7) is 0.279. The minimum atomic E-state index is -4.45. The van der Waals surface area contributed by atoms with Gasteiger partial charge in [-0.25, -0.2) is 4.79 Å². The van der Waals surface area contributed by atoms with Crippen LogP contribution >= 0.6 is 0 Å². The number of nitrogens with one attached hydrogen (secondary N) is 3. The molecule has 3 amide bonds. The molecule has 0 aromatic heterocycles. The average Bonchev–Trinajstić information content (AvgIpc) is 3.39. The molecular weight excluding hydrogens is 559 g/mol. The monoisotopic (exact) mass is 589 g/mol. The highest BCUT2D eigenvalue weighted by Gasteiger charge is 2.30. The molecule has 4 aromatic rings. The number of amides is 3. The van der Waals surface area contributed by atoms with Gasteiger partial charge >= 0.3 is 12.2 Å². The molecule has 0 saturated heterocycles. The maximum atomic E-state index is 13.5. The summed E-state index contributed by atoms with van der Waals surface area (Å²) in [4.78, 5) is 25.7. The van der Waals surface area contributed by atoms with E-state index in [0.717, 1.165) is 51.6 Å². The number of methoxy groups -OCH3 is 2. The number of hydrogen-bond donors (Lipinski definition) is 3. The van der Waals surface area contributed by atoms with Crippen LogP contribution in [0.2, 0.25) is 0 Å². The summed E-state index contributed by atoms with van der Waals surface area (Å²) in [6.07, 6.45) is -0.878. The molecule has 0 radical (unpaired) electrons. The topological polar surface area (TPSA) is 88.7 Å². The zero-order valence-corrected chi connectivity index (χ0v) is 23.6. The van der Waals surface area contributed by atoms with E-state index < -0.39 is 17.8 Å². The average molecular weight is 590 g/mol. The van der Waals surface area contributed by atoms with Gasteiger partial charge in [0.15, 0.2) is 11.5 Å². The summed E-state index contributed by atoms with van der Waals surface area (Å²) in [5, 5.41) is 9.79. The molecule has 5 rings (SSSR count). The molecule has 0 bridgehead atoms. The largest absolute Gasteiger partial charge is 0.493 e. The maximum absolute atomic E-state index is 13.5. The van der Waals surface area contributed by atoms with Crippen LogP contribution in [-0.2, 0) is 12.6 Å². The number of benzene rings is 4. The van der Waals surface area contributed by atoms with E-state index in [0.29, 0.717) is 23.5 Å². The van der Waals surface area contributed by atoms with Crippen LogP contribution in [0.5, 0.6) is 11.5 Å². The van der Waals surface area contributed by atoms with Crippen LogP contribution in [0.25, 0.3) is 22.4 Å². The van der Waals surface area contributed by atoms with Crippen molar-refractivity contribution >= 4 is 40.0 Å². The molecule has 222 valence electrons. The fourth-order valence-corrected chi connectivity index (χ4v) is 5.24. The number of fused-ring (bicyclic) bond motifs is 2. The van der Waals surface area contributed by atoms with Crippen LogP contribution < -0.4 is 25.4 Å². The summed E-state index contributed by atoms with van der Waals surface area (Å²) in [5.74, 6) is 1.04. The zero-order valence-electron chi connectivity index (χ0n) is 23.6. The number of anilines is 1. The Morgan fingerprint density at radius 3 is 2.30 bits per heavy atom. The van der Waals surface area contributed by atoms with Crippen molar-refractivity contribution in [3.63, 3.8) is 0 Å². The van der Waals surface area contributed by atoms with Gasteiger partial charge in [-0.05, 0) is 88.3 Å². The summed E-state index contributed by atoms with van der Waals surface area (Å²) >= 11 is 0. The van der Waals surface area contributed by atoms with Gasteiger partial charge in [-0.3, -0.25) is 4.79 Å². The number of carbonyl (C=O) groups excluding carboxylic acids is 2. The van der Waals surface area contributed by atoms with Gasteiger partial charge in [0, 0.05) is 18.8 Å². The Morgan fingerprint density at radius 2 is 1.58 bits per heavy atom. The summed E-state index contributed by atoms with van der Waals surface area (Å²) < 4.78 is 49.0. The molecule has 3 N–H and O–H groups in total. The lowest BCUT2D eigenvalue weighted by Crippen LogP contribution is -2.37. The molecule has 4 aromatic carbocycles. The van der Waals surface area contributed by atoms with Crippen LogP contribution in [-0.4, -0.2) is 39.2 Å². The molecule has 43 heavy (non-hydrogen) atoms. The van der Waals surface area contributed by atoms with Gasteiger partial charge in [0.1, 0.15) is 0 Å². The van der Waals surface area contributed by atoms with E-state index in [4.69, 9.17) is 9.47 Å². The summed E-state index contributed by atoms with van der Waals surface area (Å²) in [7, 11) is 3.19. The van der Waals surface area contributed by atoms with Crippen LogP contribution in [0.15, 0.2) is 72.8 Å². The minimum Gasteiger partial charge on any atom is -0.493 e. The van der Waals surface area contributed by atoms with Crippen LogP contribution in [0.3, 0.4) is 0 Å². The Balaban J connectivity index is 1.28. The van der Waals surface area contributed by atoms with E-state index in [1.165, 1.54) is 12.1 Å². The molecular formula is C33H30F3N3O4. The third-order valence-corrected chi connectivity index (χ3v) is 7.29. The van der Waals surface area contributed by atoms with E-state index in [2.05, 4.69) is 28.1 Å². The number of rotatable bonds is 8. The fraction of sp³-hybridized carbons (Fsp3) is 0.212. The van der Waals surface area contributed by atoms with Crippen molar-refractivity contribution in [1.29, 1.82) is 0 Å². The smallest absolute Gasteiger partial charge is 0.416 e. The summed E-state index contributed by atoms with van der Waals surface area (Å²) in [5.41, 5.74) is 4.09. The Hall–Kier alpha value is -4.99. The number of halogens is 3. The lowest BCUT2D eigenvalue weighted by atomic mass is 9.93. The number of urea groups is 1. The van der Waals surface area contributed by atoms with Crippen molar-refractivity contribution in [2.45, 2.75) is 19.0 Å². The van der Waals surface area contributed by atoms with Crippen molar-refractivity contribution in [3.8, 4) is 11.5 Å². The van der Waals surface area contributed by atoms with Gasteiger partial charge in [-0.15, -0.1) is 0 Å². The molecule has 1 aliphatic carbocycles. The van der Waals surface area contributed by atoms with Gasteiger partial charge in [0.25, 0.3) is 5.91 Å². The van der Waals surface area contributed by atoms with Gasteiger partial charge in [-0.1, -0.05) is 36.4 Å². The number of hydrogen-bond acceptors (Lipinski definition) is 4. The van der Waals surface area contributed by atoms with Gasteiger partial charge in [0.2, 0.25) is 0 Å². The molecule has 0 unspecified atom stereocenters. The second kappa shape index (κ2) is 12.5. The summed E-state index contributed by atoms with van der Waals surface area (Å²) in [6, 6.07) is 19.1. The normalized spacial score (nSPS) is 13.5. The van der Waals surface area contributed by atoms with Crippen molar-refractivity contribution in [3.05, 3.63) is 101 Å². The lowest BCUT2D eigenvalue weighted by Gasteiger charge is -2.14. The van der Waals surface area contributed by atoms with Crippen LogP contribution in [0, 0.1) is 0 Å². The Kier molecular flexibility index (Phi) is 8.56. The SMILES string of the molecule is COc1ccc(C=C2CCc3c2cc2ccccc2c3C(=O)NCCNC(=O)Nc2ccc(C(F)(F)F)cc2)cc1OC. The van der Waals surface area contributed by atoms with Crippen molar-refractivity contribution in [2.75, 3.05) is 32.6 Å². The van der Waals surface area contributed by atoms with E-state index >= 15 is 0 Å². The number of carbonyl (C=O) groups is 2. The Morgan fingerprint density at radius 1 is 0.860 bits per heavy atom. The van der Waals surface area contributed by atoms with Crippen molar-refractivity contribution in [2.24, 2.45) is 0 Å². The first-order chi connectivity index (χ1) is 20.7. The van der Waals surface area contributed by atoms with Crippen molar-refractivity contribution < 1.29 is 32.2 Å². The predicted molar refractivity (Wildman–Crippen MR) is 160 cm³/mol. The highest BCUT2D eigenvalue weighted by Crippen LogP contribution is 2.40. The van der Waals surface area contributed by atoms with Gasteiger partial charge in [-0.2, -0.15) is 13.2 Å². The number of alkyl halides is 3. The third-order valence-electron chi connectivity index (χ3n) is 7.29. The Bertz CT molecular complexity index is 1700. The van der Waals surface area contributed by atoms with Crippen LogP contribution in [0.1, 0.15) is 39.0 Å². The molecule has 0 atom stereocenters. The molecule has 0 heterocycles. The predicted octanol–water partition coefficient (Wildman–Crippen LogP) is 6.91. The standard InChI is InChI=1S/C33H30F3N3O4/c1-42-28-14-7-20(18-29(28)43-2)17-22-8-13-26-27(22)19-21-5-3-4-6-25(21)30(26)31(40)37-15-16-38-32(41)39-24-11-9-23(10-12-24)33(34,35)36/h3-7,9-12,14,17-19H,8,13,15-16H2,1-2H3,(H,37,40)(H2,38,39,41). The van der Waals surface area contributed by atoms with Crippen LogP contribution in [0.4, 0.5) is 23.7 Å². The molecule has 7 nitrogen and oxygen atoms in total. The molecule has 0 spiro atoms. The minimum absolute atomic E-state index is 0.121. The first kappa shape index (κ1) is 29.5. The second-order valence-corrected chi connectivity index (χ2v) is 9.99. The number of ether oxygens (including phenoxy) is 2. The maximum Gasteiger partial charge on any atom is 0.416 e. The molecule has 0 saturated carbocycles. The third kappa shape index (κ3) is 6.58. The molecule has 10 heteroatoms. The molecule has 0 aliphatic heterocycles. The quantitative estimate of drug-likeness (QED) is 0.195. The first-order valence-corrected chi connectivity index (χ1v) is 13.7. The van der Waals surface area contributed by atoms with Gasteiger partial charge < -0.3 is 25.4 Å². The molecule has 1 aliphatic rings. The first-order valence-electron chi connectivity index (χ1n) is 13.7. The van der Waals surface area contributed by atoms with Crippen molar-refractivity contribution in [1.82, 2.24) is 10.6 Å². The highest BCUT2D eigenvalue weighted by molar-refractivity contribution is 6.11. The fourth-order valence-electron chi connectivity index (χ4n) is 5.24. The van der Waals surface area contributed by atoms with E-state index in [-0.39, 0.29) is 24.7 Å². The zero-order chi connectivity index (χ0) is 30.6. The Labute approximate surface area is 246 Å². The van der Waals surface area contributed by atoms with E-state index in [9.17, 15) is 22.8 Å². The second-order valence-electron chi connectivity index (χ2n) is 9.99. The molecule has 0 fully saturated rings. The van der Waals surface area contributed by atoms with E-state index in [1.807, 2.05) is 42.5 Å². The lowest BCUT2D eigenvalue weighted by molar-refractivity contribution is -0.137. The number of allylic oxidation sites excluding steroid dienone is 1. The highest BCUT2D eigenvalue weighted by atomic mass is 19.4.